The maximum absolute atomic E-state index is 12.5. The van der Waals surface area contributed by atoms with E-state index in [1.807, 2.05) is 30.3 Å². The molecule has 0 amide bonds. The van der Waals surface area contributed by atoms with E-state index < -0.39 is 22.5 Å². The zero-order valence-corrected chi connectivity index (χ0v) is 11.9. The average molecular weight is 313 g/mol. The van der Waals surface area contributed by atoms with Gasteiger partial charge in [0, 0.05) is 11.4 Å². The molecule has 2 rings (SSSR count). The van der Waals surface area contributed by atoms with Crippen LogP contribution in [0.2, 0.25) is 0 Å². The van der Waals surface area contributed by atoms with Crippen molar-refractivity contribution >= 4 is 16.5 Å². The molecule has 0 fully saturated rings. The van der Waals surface area contributed by atoms with Crippen LogP contribution in [0.1, 0.15) is 11.1 Å². The number of nitrogen functional groups attached to an aromatic ring is 1. The Morgan fingerprint density at radius 1 is 1.05 bits per heavy atom. The molecule has 21 heavy (non-hydrogen) atoms. The highest BCUT2D eigenvalue weighted by molar-refractivity contribution is 7.85. The minimum atomic E-state index is -4.45. The first kappa shape index (κ1) is 15.6. The average Bonchev–Trinajstić information content (AvgIpc) is 2.45. The molecule has 2 nitrogen and oxygen atoms in total. The fraction of sp³-hybridized carbons (Fsp3) is 0.200. The molecular weight excluding hydrogens is 299 g/mol. The van der Waals surface area contributed by atoms with Gasteiger partial charge in [-0.1, -0.05) is 30.3 Å². The van der Waals surface area contributed by atoms with Crippen molar-refractivity contribution in [3.05, 3.63) is 59.7 Å². The maximum Gasteiger partial charge on any atom is 0.416 e. The normalized spacial score (nSPS) is 13.1. The summed E-state index contributed by atoms with van der Waals surface area (Å²) in [6.07, 6.45) is -3.87. The molecule has 2 aromatic carbocycles. The lowest BCUT2D eigenvalue weighted by Crippen LogP contribution is -2.09. The highest BCUT2D eigenvalue weighted by atomic mass is 32.2. The van der Waals surface area contributed by atoms with Gasteiger partial charge in [0.2, 0.25) is 0 Å². The highest BCUT2D eigenvalue weighted by Crippen LogP contribution is 2.32. The third kappa shape index (κ3) is 4.07. The van der Waals surface area contributed by atoms with Crippen LogP contribution < -0.4 is 5.73 Å². The zero-order chi connectivity index (χ0) is 15.5. The van der Waals surface area contributed by atoms with E-state index in [-0.39, 0.29) is 10.6 Å². The number of anilines is 1. The lowest BCUT2D eigenvalue weighted by atomic mass is 10.2. The first-order chi connectivity index (χ1) is 9.88. The number of benzene rings is 2. The number of hydrogen-bond acceptors (Lipinski definition) is 2. The number of rotatable bonds is 4. The third-order valence-corrected chi connectivity index (χ3v) is 4.44. The van der Waals surface area contributed by atoms with E-state index in [2.05, 4.69) is 0 Å². The third-order valence-electron chi connectivity index (χ3n) is 3.00. The molecule has 0 spiro atoms. The van der Waals surface area contributed by atoms with Crippen LogP contribution >= 0.6 is 0 Å². The summed E-state index contributed by atoms with van der Waals surface area (Å²) in [5.41, 5.74) is 5.70. The van der Waals surface area contributed by atoms with Crippen molar-refractivity contribution in [1.29, 1.82) is 0 Å². The molecule has 0 aliphatic rings. The Hall–Kier alpha value is -1.82. The maximum atomic E-state index is 12.5. The van der Waals surface area contributed by atoms with E-state index in [4.69, 9.17) is 5.73 Å². The van der Waals surface area contributed by atoms with Gasteiger partial charge in [-0.05, 0) is 30.2 Å². The van der Waals surface area contributed by atoms with Crippen molar-refractivity contribution in [2.75, 3.05) is 11.5 Å². The molecule has 0 saturated carbocycles. The summed E-state index contributed by atoms with van der Waals surface area (Å²) in [5, 5.41) is 0. The van der Waals surface area contributed by atoms with E-state index in [1.54, 1.807) is 0 Å². The molecule has 0 bridgehead atoms. The van der Waals surface area contributed by atoms with Gasteiger partial charge in [-0.2, -0.15) is 13.2 Å². The van der Waals surface area contributed by atoms with Crippen LogP contribution in [0.3, 0.4) is 0 Å². The number of aryl methyl sites for hydroxylation is 1. The largest absolute Gasteiger partial charge is 0.416 e. The van der Waals surface area contributed by atoms with Crippen molar-refractivity contribution < 1.29 is 17.4 Å². The van der Waals surface area contributed by atoms with Crippen molar-refractivity contribution in [2.45, 2.75) is 17.5 Å². The summed E-state index contributed by atoms with van der Waals surface area (Å²) in [4.78, 5) is 0.249. The second-order valence-electron chi connectivity index (χ2n) is 4.54. The Bertz CT molecular complexity index is 641. The van der Waals surface area contributed by atoms with Crippen molar-refractivity contribution in [2.24, 2.45) is 0 Å². The quantitative estimate of drug-likeness (QED) is 0.876. The topological polar surface area (TPSA) is 43.1 Å². The van der Waals surface area contributed by atoms with Gasteiger partial charge in [0.05, 0.1) is 21.3 Å². The Morgan fingerprint density at radius 3 is 2.29 bits per heavy atom. The van der Waals surface area contributed by atoms with Gasteiger partial charge in [-0.3, -0.25) is 4.21 Å². The molecule has 0 radical (unpaired) electrons. The van der Waals surface area contributed by atoms with Crippen LogP contribution in [-0.4, -0.2) is 9.96 Å². The second kappa shape index (κ2) is 6.30. The van der Waals surface area contributed by atoms with E-state index >= 15 is 0 Å². The lowest BCUT2D eigenvalue weighted by Gasteiger charge is -2.10. The van der Waals surface area contributed by atoms with Crippen LogP contribution in [-0.2, 0) is 23.4 Å². The van der Waals surface area contributed by atoms with Gasteiger partial charge in [-0.15, -0.1) is 0 Å². The van der Waals surface area contributed by atoms with Gasteiger partial charge in [0.1, 0.15) is 0 Å². The first-order valence-electron chi connectivity index (χ1n) is 6.27. The van der Waals surface area contributed by atoms with Gasteiger partial charge in [0.15, 0.2) is 0 Å². The molecule has 0 aromatic heterocycles. The summed E-state index contributed by atoms with van der Waals surface area (Å²) in [5.74, 6) is 0.319. The van der Waals surface area contributed by atoms with E-state index in [0.29, 0.717) is 12.2 Å². The molecule has 1 unspecified atom stereocenters. The molecule has 112 valence electrons. The number of nitrogens with two attached hydrogens (primary N) is 1. The monoisotopic (exact) mass is 313 g/mol. The standard InChI is InChI=1S/C15H14F3NOS/c16-15(17,18)12-6-7-14(13(19)10-12)21(20)9-8-11-4-2-1-3-5-11/h1-7,10H,8-9,19H2. The Morgan fingerprint density at radius 2 is 1.71 bits per heavy atom. The predicted octanol–water partition coefficient (Wildman–Crippen LogP) is 3.64. The van der Waals surface area contributed by atoms with E-state index in [1.165, 1.54) is 6.07 Å². The molecule has 0 saturated heterocycles. The second-order valence-corrected chi connectivity index (χ2v) is 6.07. The molecule has 0 aliphatic carbocycles. The van der Waals surface area contributed by atoms with Crippen molar-refractivity contribution in [3.63, 3.8) is 0 Å². The number of hydrogen-bond donors (Lipinski definition) is 1. The number of alkyl halides is 3. The first-order valence-corrected chi connectivity index (χ1v) is 7.59. The van der Waals surface area contributed by atoms with Crippen LogP contribution in [0.5, 0.6) is 0 Å². The van der Waals surface area contributed by atoms with Gasteiger partial charge in [0.25, 0.3) is 0 Å². The minimum Gasteiger partial charge on any atom is -0.398 e. The van der Waals surface area contributed by atoms with Crippen LogP contribution in [0.25, 0.3) is 0 Å². The summed E-state index contributed by atoms with van der Waals surface area (Å²) in [7, 11) is -1.42. The molecule has 2 aromatic rings. The summed E-state index contributed by atoms with van der Waals surface area (Å²) in [6.45, 7) is 0. The number of halogens is 3. The molecule has 6 heteroatoms. The van der Waals surface area contributed by atoms with Crippen molar-refractivity contribution in [1.82, 2.24) is 0 Å². The van der Waals surface area contributed by atoms with Gasteiger partial charge in [-0.25, -0.2) is 0 Å². The molecule has 0 heterocycles. The van der Waals surface area contributed by atoms with Crippen LogP contribution in [0.15, 0.2) is 53.4 Å². The summed E-state index contributed by atoms with van der Waals surface area (Å²) < 4.78 is 49.8. The zero-order valence-electron chi connectivity index (χ0n) is 11.1. The summed E-state index contributed by atoms with van der Waals surface area (Å²) >= 11 is 0. The van der Waals surface area contributed by atoms with Crippen LogP contribution in [0.4, 0.5) is 18.9 Å². The molecule has 2 N–H and O–H groups in total. The fourth-order valence-corrected chi connectivity index (χ4v) is 3.08. The van der Waals surface area contributed by atoms with E-state index in [0.717, 1.165) is 17.7 Å². The Balaban J connectivity index is 2.09. The SMILES string of the molecule is Nc1cc(C(F)(F)F)ccc1S(=O)CCc1ccccc1. The Labute approximate surface area is 123 Å². The fourth-order valence-electron chi connectivity index (χ4n) is 1.90. The summed E-state index contributed by atoms with van der Waals surface area (Å²) in [6, 6.07) is 12.4. The molecule has 1 atom stereocenters. The van der Waals surface area contributed by atoms with Gasteiger partial charge < -0.3 is 5.73 Å². The lowest BCUT2D eigenvalue weighted by molar-refractivity contribution is -0.137. The predicted molar refractivity (Wildman–Crippen MR) is 77.3 cm³/mol. The van der Waals surface area contributed by atoms with Crippen molar-refractivity contribution in [3.8, 4) is 0 Å². The highest BCUT2D eigenvalue weighted by Gasteiger charge is 2.31. The minimum absolute atomic E-state index is 0.0868. The Kier molecular flexibility index (Phi) is 4.67. The van der Waals surface area contributed by atoms with Crippen LogP contribution in [0, 0.1) is 0 Å². The van der Waals surface area contributed by atoms with Gasteiger partial charge >= 0.3 is 6.18 Å². The smallest absolute Gasteiger partial charge is 0.398 e. The molecular formula is C15H14F3NOS. The van der Waals surface area contributed by atoms with E-state index in [9.17, 15) is 17.4 Å². The molecule has 0 aliphatic heterocycles.